The Morgan fingerprint density at radius 2 is 1.89 bits per heavy atom. The van der Waals surface area contributed by atoms with Crippen molar-refractivity contribution < 1.29 is 0 Å². The van der Waals surface area contributed by atoms with Crippen LogP contribution in [0.15, 0.2) is 40.2 Å². The fraction of sp³-hybridized carbons (Fsp3) is 0.286. The number of benzene rings is 1. The molecule has 96 valence electrons. The van der Waals surface area contributed by atoms with Gasteiger partial charge in [0.15, 0.2) is 0 Å². The second kappa shape index (κ2) is 5.43. The van der Waals surface area contributed by atoms with Crippen LogP contribution in [-0.2, 0) is 12.1 Å². The van der Waals surface area contributed by atoms with E-state index in [1.807, 2.05) is 11.4 Å². The third-order valence-electron chi connectivity index (χ3n) is 3.04. The van der Waals surface area contributed by atoms with Gasteiger partial charge in [0.25, 0.3) is 0 Å². The Kier molecular flexibility index (Phi) is 4.10. The molecular weight excluding hydrogens is 308 g/mol. The summed E-state index contributed by atoms with van der Waals surface area (Å²) in [5.74, 6) is 0. The maximum atomic E-state index is 5.89. The van der Waals surface area contributed by atoms with Crippen LogP contribution in [0.3, 0.4) is 0 Å². The highest BCUT2D eigenvalue weighted by molar-refractivity contribution is 9.10. The average Bonchev–Trinajstić information content (AvgIpc) is 2.73. The van der Waals surface area contributed by atoms with Gasteiger partial charge in [-0.1, -0.05) is 28.1 Å². The van der Waals surface area contributed by atoms with Gasteiger partial charge in [0.2, 0.25) is 0 Å². The van der Waals surface area contributed by atoms with Crippen LogP contribution in [0.2, 0.25) is 0 Å². The molecular formula is C14H17BrN2S. The molecule has 2 nitrogen and oxygen atoms in total. The van der Waals surface area contributed by atoms with Crippen molar-refractivity contribution in [2.24, 2.45) is 0 Å². The summed E-state index contributed by atoms with van der Waals surface area (Å²) in [6.07, 6.45) is 0. The summed E-state index contributed by atoms with van der Waals surface area (Å²) in [6.45, 7) is 5.16. The molecule has 0 fully saturated rings. The Labute approximate surface area is 120 Å². The van der Waals surface area contributed by atoms with E-state index in [1.54, 1.807) is 11.3 Å². The summed E-state index contributed by atoms with van der Waals surface area (Å²) >= 11 is 5.15. The molecule has 0 aliphatic rings. The molecule has 1 aromatic carbocycles. The number of nitrogens with one attached hydrogen (secondary N) is 1. The van der Waals surface area contributed by atoms with Crippen molar-refractivity contribution in [2.45, 2.75) is 25.9 Å². The summed E-state index contributed by atoms with van der Waals surface area (Å²) in [7, 11) is 0. The van der Waals surface area contributed by atoms with Crippen molar-refractivity contribution in [2.75, 3.05) is 5.73 Å². The van der Waals surface area contributed by atoms with E-state index in [1.165, 1.54) is 10.4 Å². The van der Waals surface area contributed by atoms with Crippen LogP contribution in [-0.4, -0.2) is 0 Å². The largest absolute Gasteiger partial charge is 0.398 e. The van der Waals surface area contributed by atoms with E-state index in [9.17, 15) is 0 Å². The molecule has 4 heteroatoms. The molecule has 0 unspecified atom stereocenters. The lowest BCUT2D eigenvalue weighted by Crippen LogP contribution is -2.35. The lowest BCUT2D eigenvalue weighted by atomic mass is 9.94. The maximum Gasteiger partial charge on any atom is 0.0468 e. The summed E-state index contributed by atoms with van der Waals surface area (Å²) in [5, 5.41) is 5.58. The number of anilines is 1. The molecule has 0 spiro atoms. The highest BCUT2D eigenvalue weighted by atomic mass is 79.9. The van der Waals surface area contributed by atoms with Crippen molar-refractivity contribution in [3.05, 3.63) is 50.6 Å². The number of hydrogen-bond donors (Lipinski definition) is 2. The molecule has 0 radical (unpaired) electrons. The molecule has 1 heterocycles. The quantitative estimate of drug-likeness (QED) is 0.887. The average molecular weight is 325 g/mol. The number of thiophene rings is 1. The first kappa shape index (κ1) is 13.6. The van der Waals surface area contributed by atoms with E-state index >= 15 is 0 Å². The molecule has 0 saturated carbocycles. The highest BCUT2D eigenvalue weighted by Crippen LogP contribution is 2.25. The van der Waals surface area contributed by atoms with Crippen LogP contribution in [0.1, 0.15) is 24.3 Å². The fourth-order valence-corrected chi connectivity index (χ4v) is 2.77. The summed E-state index contributed by atoms with van der Waals surface area (Å²) < 4.78 is 1.10. The Balaban J connectivity index is 2.07. The number of nitrogen functional groups attached to an aromatic ring is 1. The topological polar surface area (TPSA) is 38.0 Å². The highest BCUT2D eigenvalue weighted by Gasteiger charge is 2.19. The minimum absolute atomic E-state index is 0.0723. The zero-order valence-electron chi connectivity index (χ0n) is 10.5. The lowest BCUT2D eigenvalue weighted by molar-refractivity contribution is 0.403. The number of halogens is 1. The van der Waals surface area contributed by atoms with Gasteiger partial charge in [-0.3, -0.25) is 0 Å². The lowest BCUT2D eigenvalue weighted by Gasteiger charge is -2.27. The molecule has 0 bridgehead atoms. The van der Waals surface area contributed by atoms with Crippen LogP contribution in [0.25, 0.3) is 0 Å². The van der Waals surface area contributed by atoms with E-state index in [-0.39, 0.29) is 5.54 Å². The molecule has 0 aliphatic heterocycles. The Morgan fingerprint density at radius 3 is 2.44 bits per heavy atom. The van der Waals surface area contributed by atoms with E-state index in [0.29, 0.717) is 0 Å². The van der Waals surface area contributed by atoms with Crippen LogP contribution in [0.4, 0.5) is 5.69 Å². The monoisotopic (exact) mass is 324 g/mol. The predicted molar refractivity (Wildman–Crippen MR) is 82.7 cm³/mol. The van der Waals surface area contributed by atoms with Gasteiger partial charge in [-0.15, -0.1) is 11.3 Å². The molecule has 2 rings (SSSR count). The van der Waals surface area contributed by atoms with Crippen molar-refractivity contribution in [3.63, 3.8) is 0 Å². The second-order valence-corrected chi connectivity index (χ2v) is 6.70. The second-order valence-electron chi connectivity index (χ2n) is 4.78. The predicted octanol–water partition coefficient (Wildman–Crippen LogP) is 4.12. The van der Waals surface area contributed by atoms with Crippen LogP contribution in [0, 0.1) is 0 Å². The molecule has 0 saturated heterocycles. The fourth-order valence-electron chi connectivity index (χ4n) is 1.76. The first-order valence-electron chi connectivity index (χ1n) is 5.82. The van der Waals surface area contributed by atoms with Gasteiger partial charge in [0.05, 0.1) is 0 Å². The van der Waals surface area contributed by atoms with Crippen molar-refractivity contribution in [1.82, 2.24) is 5.32 Å². The van der Waals surface area contributed by atoms with Crippen molar-refractivity contribution in [1.29, 1.82) is 0 Å². The smallest absolute Gasteiger partial charge is 0.0468 e. The molecule has 0 amide bonds. The Hall–Kier alpha value is -0.840. The van der Waals surface area contributed by atoms with Gasteiger partial charge in [-0.05, 0) is 43.0 Å². The zero-order chi connectivity index (χ0) is 13.2. The first-order chi connectivity index (χ1) is 8.49. The molecule has 0 atom stereocenters. The van der Waals surface area contributed by atoms with Gasteiger partial charge in [-0.2, -0.15) is 0 Å². The van der Waals surface area contributed by atoms with E-state index in [0.717, 1.165) is 16.7 Å². The standard InChI is InChI=1S/C14H17BrN2S/c1-14(2,10-3-5-11(15)6-4-10)17-9-13-12(16)7-8-18-13/h3-8,17H,9,16H2,1-2H3. The van der Waals surface area contributed by atoms with E-state index in [2.05, 4.69) is 59.4 Å². The van der Waals surface area contributed by atoms with Crippen LogP contribution in [0.5, 0.6) is 0 Å². The molecule has 18 heavy (non-hydrogen) atoms. The third-order valence-corrected chi connectivity index (χ3v) is 4.50. The summed E-state index contributed by atoms with van der Waals surface area (Å²) in [6, 6.07) is 10.4. The van der Waals surface area contributed by atoms with E-state index < -0.39 is 0 Å². The zero-order valence-corrected chi connectivity index (χ0v) is 12.9. The Morgan fingerprint density at radius 1 is 1.22 bits per heavy atom. The number of nitrogens with two attached hydrogens (primary N) is 1. The molecule has 2 aromatic rings. The molecule has 3 N–H and O–H groups in total. The van der Waals surface area contributed by atoms with Crippen molar-refractivity contribution >= 4 is 33.0 Å². The van der Waals surface area contributed by atoms with Gasteiger partial charge in [-0.25, -0.2) is 0 Å². The Bertz CT molecular complexity index is 517. The normalized spacial score (nSPS) is 11.7. The maximum absolute atomic E-state index is 5.89. The summed E-state index contributed by atoms with van der Waals surface area (Å²) in [4.78, 5) is 1.19. The molecule has 1 aromatic heterocycles. The van der Waals surface area contributed by atoms with Crippen LogP contribution < -0.4 is 11.1 Å². The van der Waals surface area contributed by atoms with Crippen molar-refractivity contribution in [3.8, 4) is 0 Å². The van der Waals surface area contributed by atoms with Gasteiger partial charge < -0.3 is 11.1 Å². The number of rotatable bonds is 4. The minimum Gasteiger partial charge on any atom is -0.398 e. The first-order valence-corrected chi connectivity index (χ1v) is 7.49. The third kappa shape index (κ3) is 3.13. The SMILES string of the molecule is CC(C)(NCc1sccc1N)c1ccc(Br)cc1. The van der Waals surface area contributed by atoms with Gasteiger partial charge >= 0.3 is 0 Å². The van der Waals surface area contributed by atoms with Crippen LogP contribution >= 0.6 is 27.3 Å². The molecule has 0 aliphatic carbocycles. The van der Waals surface area contributed by atoms with Gasteiger partial charge in [0.1, 0.15) is 0 Å². The summed E-state index contributed by atoms with van der Waals surface area (Å²) in [5.41, 5.74) is 7.96. The number of hydrogen-bond acceptors (Lipinski definition) is 3. The van der Waals surface area contributed by atoms with E-state index in [4.69, 9.17) is 5.73 Å². The minimum atomic E-state index is -0.0723. The van der Waals surface area contributed by atoms with Gasteiger partial charge in [0, 0.05) is 27.1 Å².